The first-order valence-electron chi connectivity index (χ1n) is 4.90. The highest BCUT2D eigenvalue weighted by Gasteiger charge is 2.30. The largest absolute Gasteiger partial charge is 0.416 e. The van der Waals surface area contributed by atoms with E-state index >= 15 is 0 Å². The van der Waals surface area contributed by atoms with Gasteiger partial charge in [0.25, 0.3) is 0 Å². The average molecular weight is 376 g/mol. The van der Waals surface area contributed by atoms with Crippen molar-refractivity contribution in [3.05, 3.63) is 35.4 Å². The van der Waals surface area contributed by atoms with E-state index in [0.29, 0.717) is 17.3 Å². The van der Waals surface area contributed by atoms with Crippen LogP contribution in [0.4, 0.5) is 13.2 Å². The Hall–Kier alpha value is -0.0700. The summed E-state index contributed by atoms with van der Waals surface area (Å²) in [7, 11) is 0. The molecule has 2 unspecified atom stereocenters. The predicted octanol–water partition coefficient (Wildman–Crippen LogP) is 4.29. The molecule has 0 aromatic heterocycles. The molecule has 0 aliphatic rings. The zero-order valence-electron chi connectivity index (χ0n) is 8.72. The molecule has 1 nitrogen and oxygen atoms in total. The SMILES string of the molecule is OC(CC(Br)CBr)c1ccc(C(F)(F)F)cc1. The number of rotatable bonds is 4. The molecule has 1 N–H and O–H groups in total. The third kappa shape index (κ3) is 4.60. The summed E-state index contributed by atoms with van der Waals surface area (Å²) in [5.74, 6) is 0. The molecule has 6 heteroatoms. The average Bonchev–Trinajstić information content (AvgIpc) is 2.27. The Morgan fingerprint density at radius 2 is 1.71 bits per heavy atom. The lowest BCUT2D eigenvalue weighted by Crippen LogP contribution is -2.09. The van der Waals surface area contributed by atoms with E-state index in [0.717, 1.165) is 12.1 Å². The number of alkyl halides is 5. The molecule has 2 atom stereocenters. The van der Waals surface area contributed by atoms with Gasteiger partial charge in [0, 0.05) is 10.2 Å². The summed E-state index contributed by atoms with van der Waals surface area (Å²) in [6, 6.07) is 4.58. The van der Waals surface area contributed by atoms with Crippen molar-refractivity contribution >= 4 is 31.9 Å². The lowest BCUT2D eigenvalue weighted by molar-refractivity contribution is -0.137. The highest BCUT2D eigenvalue weighted by Crippen LogP contribution is 2.30. The second kappa shape index (κ2) is 6.20. The smallest absolute Gasteiger partial charge is 0.388 e. The summed E-state index contributed by atoms with van der Waals surface area (Å²) in [5, 5.41) is 10.5. The number of aliphatic hydroxyl groups excluding tert-OH is 1. The van der Waals surface area contributed by atoms with Gasteiger partial charge in [-0.3, -0.25) is 0 Å². The third-order valence-electron chi connectivity index (χ3n) is 2.27. The Labute approximate surface area is 114 Å². The molecule has 0 aliphatic heterocycles. The van der Waals surface area contributed by atoms with Crippen LogP contribution in [0, 0.1) is 0 Å². The van der Waals surface area contributed by atoms with E-state index in [1.165, 1.54) is 12.1 Å². The van der Waals surface area contributed by atoms with Gasteiger partial charge in [0.15, 0.2) is 0 Å². The van der Waals surface area contributed by atoms with Gasteiger partial charge in [0.2, 0.25) is 0 Å². The van der Waals surface area contributed by atoms with Crippen molar-refractivity contribution in [3.63, 3.8) is 0 Å². The van der Waals surface area contributed by atoms with Gasteiger partial charge in [-0.15, -0.1) is 0 Å². The first kappa shape index (κ1) is 15.0. The van der Waals surface area contributed by atoms with Gasteiger partial charge in [-0.1, -0.05) is 44.0 Å². The molecule has 0 saturated carbocycles. The van der Waals surface area contributed by atoms with E-state index in [1.807, 2.05) is 0 Å². The van der Waals surface area contributed by atoms with E-state index in [2.05, 4.69) is 31.9 Å². The fourth-order valence-electron chi connectivity index (χ4n) is 1.34. The summed E-state index contributed by atoms with van der Waals surface area (Å²) in [6.07, 6.45) is -4.66. The molecule has 0 aliphatic carbocycles. The Morgan fingerprint density at radius 1 is 1.18 bits per heavy atom. The molecule has 0 spiro atoms. The lowest BCUT2D eigenvalue weighted by Gasteiger charge is -2.14. The van der Waals surface area contributed by atoms with Crippen molar-refractivity contribution in [1.82, 2.24) is 0 Å². The lowest BCUT2D eigenvalue weighted by atomic mass is 10.0. The summed E-state index contributed by atoms with van der Waals surface area (Å²) in [6.45, 7) is 0. The van der Waals surface area contributed by atoms with Crippen molar-refractivity contribution in [1.29, 1.82) is 0 Å². The van der Waals surface area contributed by atoms with Gasteiger partial charge in [0.05, 0.1) is 11.7 Å². The van der Waals surface area contributed by atoms with Crippen molar-refractivity contribution in [2.75, 3.05) is 5.33 Å². The molecule has 0 bridgehead atoms. The maximum atomic E-state index is 12.3. The number of hydrogen-bond acceptors (Lipinski definition) is 1. The standard InChI is InChI=1S/C11H11Br2F3O/c12-6-9(13)5-10(17)7-1-3-8(4-2-7)11(14,15)16/h1-4,9-10,17H,5-6H2. The first-order valence-corrected chi connectivity index (χ1v) is 6.93. The zero-order valence-corrected chi connectivity index (χ0v) is 11.9. The molecule has 0 heterocycles. The topological polar surface area (TPSA) is 20.2 Å². The van der Waals surface area contributed by atoms with Crippen LogP contribution in [0.5, 0.6) is 0 Å². The molecule has 1 aromatic rings. The van der Waals surface area contributed by atoms with Gasteiger partial charge in [0.1, 0.15) is 0 Å². The summed E-state index contributed by atoms with van der Waals surface area (Å²) in [5.41, 5.74) is -0.215. The van der Waals surface area contributed by atoms with Crippen LogP contribution in [0.15, 0.2) is 24.3 Å². The van der Waals surface area contributed by atoms with E-state index in [1.54, 1.807) is 0 Å². The second-order valence-corrected chi connectivity index (χ2v) is 5.57. The van der Waals surface area contributed by atoms with Crippen molar-refractivity contribution < 1.29 is 18.3 Å². The predicted molar refractivity (Wildman–Crippen MR) is 67.5 cm³/mol. The normalized spacial score (nSPS) is 15.6. The van der Waals surface area contributed by atoms with Crippen LogP contribution >= 0.6 is 31.9 Å². The van der Waals surface area contributed by atoms with Gasteiger partial charge in [-0.05, 0) is 24.1 Å². The maximum absolute atomic E-state index is 12.3. The number of hydrogen-bond donors (Lipinski definition) is 1. The molecule has 1 rings (SSSR count). The van der Waals surface area contributed by atoms with Gasteiger partial charge < -0.3 is 5.11 Å². The maximum Gasteiger partial charge on any atom is 0.416 e. The zero-order chi connectivity index (χ0) is 13.1. The Kier molecular flexibility index (Phi) is 5.47. The van der Waals surface area contributed by atoms with Crippen LogP contribution in [0.25, 0.3) is 0 Å². The van der Waals surface area contributed by atoms with E-state index in [-0.39, 0.29) is 4.83 Å². The van der Waals surface area contributed by atoms with Crippen LogP contribution in [0.2, 0.25) is 0 Å². The molecule has 96 valence electrons. The summed E-state index contributed by atoms with van der Waals surface area (Å²) >= 11 is 6.58. The summed E-state index contributed by atoms with van der Waals surface area (Å²) in [4.78, 5) is 0.0831. The monoisotopic (exact) mass is 374 g/mol. The number of benzene rings is 1. The first-order chi connectivity index (χ1) is 7.84. The van der Waals surface area contributed by atoms with E-state index in [4.69, 9.17) is 0 Å². The molecule has 0 fully saturated rings. The summed E-state index contributed by atoms with van der Waals surface area (Å²) < 4.78 is 36.9. The molecule has 0 amide bonds. The van der Waals surface area contributed by atoms with E-state index in [9.17, 15) is 18.3 Å². The van der Waals surface area contributed by atoms with Crippen molar-refractivity contribution in [3.8, 4) is 0 Å². The highest BCUT2D eigenvalue weighted by molar-refractivity contribution is 9.12. The Bertz CT molecular complexity index is 351. The molecule has 1 aromatic carbocycles. The van der Waals surface area contributed by atoms with Crippen LogP contribution in [-0.4, -0.2) is 15.3 Å². The second-order valence-electron chi connectivity index (χ2n) is 3.62. The molecule has 0 saturated heterocycles. The quantitative estimate of drug-likeness (QED) is 0.778. The highest BCUT2D eigenvalue weighted by atomic mass is 79.9. The van der Waals surface area contributed by atoms with Crippen molar-refractivity contribution in [2.24, 2.45) is 0 Å². The number of aliphatic hydroxyl groups is 1. The van der Waals surface area contributed by atoms with Gasteiger partial charge in [-0.25, -0.2) is 0 Å². The molecule has 17 heavy (non-hydrogen) atoms. The van der Waals surface area contributed by atoms with Crippen LogP contribution in [0.1, 0.15) is 23.7 Å². The molecular weight excluding hydrogens is 365 g/mol. The Balaban J connectivity index is 2.74. The fourth-order valence-corrected chi connectivity index (χ4v) is 1.95. The molecule has 0 radical (unpaired) electrons. The minimum atomic E-state index is -4.34. The van der Waals surface area contributed by atoms with Gasteiger partial charge in [-0.2, -0.15) is 13.2 Å². The van der Waals surface area contributed by atoms with Crippen molar-refractivity contribution in [2.45, 2.75) is 23.5 Å². The van der Waals surface area contributed by atoms with Crippen LogP contribution in [-0.2, 0) is 6.18 Å². The number of halogens is 5. The van der Waals surface area contributed by atoms with Crippen LogP contribution < -0.4 is 0 Å². The Morgan fingerprint density at radius 3 is 2.12 bits per heavy atom. The third-order valence-corrected chi connectivity index (χ3v) is 4.62. The minimum Gasteiger partial charge on any atom is -0.388 e. The van der Waals surface area contributed by atoms with Crippen LogP contribution in [0.3, 0.4) is 0 Å². The minimum absolute atomic E-state index is 0.0831. The van der Waals surface area contributed by atoms with Gasteiger partial charge >= 0.3 is 6.18 Å². The molecular formula is C11H11Br2F3O. The fraction of sp³-hybridized carbons (Fsp3) is 0.455. The van der Waals surface area contributed by atoms with E-state index < -0.39 is 17.8 Å².